The largest absolute Gasteiger partial charge is 0.348 e. The van der Waals surface area contributed by atoms with Gasteiger partial charge in [0.1, 0.15) is 5.82 Å². The van der Waals surface area contributed by atoms with Crippen LogP contribution in [0.4, 0.5) is 16.0 Å². The first kappa shape index (κ1) is 18.5. The smallest absolute Gasteiger partial charge is 0.254 e. The predicted octanol–water partition coefficient (Wildman–Crippen LogP) is 4.16. The first-order chi connectivity index (χ1) is 13.1. The third-order valence-corrected chi connectivity index (χ3v) is 4.26. The van der Waals surface area contributed by atoms with E-state index in [0.29, 0.717) is 18.1 Å². The van der Waals surface area contributed by atoms with Crippen LogP contribution in [0, 0.1) is 12.7 Å². The van der Waals surface area contributed by atoms with Gasteiger partial charge in [-0.2, -0.15) is 0 Å². The highest BCUT2D eigenvalue weighted by Crippen LogP contribution is 2.23. The van der Waals surface area contributed by atoms with Crippen LogP contribution in [-0.2, 0) is 13.0 Å². The number of rotatable bonds is 6. The Morgan fingerprint density at radius 1 is 1.07 bits per heavy atom. The van der Waals surface area contributed by atoms with E-state index in [0.717, 1.165) is 23.2 Å². The van der Waals surface area contributed by atoms with Gasteiger partial charge in [0.25, 0.3) is 5.91 Å². The van der Waals surface area contributed by atoms with Crippen molar-refractivity contribution in [3.8, 4) is 0 Å². The molecule has 3 rings (SSSR count). The molecule has 1 aromatic heterocycles. The van der Waals surface area contributed by atoms with Crippen molar-refractivity contribution in [2.75, 3.05) is 5.32 Å². The molecule has 0 atom stereocenters. The molecule has 27 heavy (non-hydrogen) atoms. The molecule has 1 heterocycles. The van der Waals surface area contributed by atoms with Crippen molar-refractivity contribution in [1.29, 1.82) is 0 Å². The van der Waals surface area contributed by atoms with E-state index in [-0.39, 0.29) is 11.7 Å². The summed E-state index contributed by atoms with van der Waals surface area (Å²) in [5.74, 6) is -0.147. The molecule has 0 radical (unpaired) electrons. The summed E-state index contributed by atoms with van der Waals surface area (Å²) in [6, 6.07) is 12.1. The quantitative estimate of drug-likeness (QED) is 0.689. The Hall–Kier alpha value is -3.28. The fourth-order valence-corrected chi connectivity index (χ4v) is 2.71. The number of hydrogen-bond acceptors (Lipinski definition) is 4. The molecule has 0 bridgehead atoms. The molecular formula is C21H21FN4O. The number of hydrogen-bond donors (Lipinski definition) is 2. The van der Waals surface area contributed by atoms with Gasteiger partial charge in [0.05, 0.1) is 5.56 Å². The summed E-state index contributed by atoms with van der Waals surface area (Å²) < 4.78 is 12.9. The second kappa shape index (κ2) is 8.40. The molecule has 2 N–H and O–H groups in total. The van der Waals surface area contributed by atoms with E-state index in [1.165, 1.54) is 30.1 Å². The fraction of sp³-hybridized carbons (Fsp3) is 0.190. The zero-order chi connectivity index (χ0) is 19.2. The van der Waals surface area contributed by atoms with Gasteiger partial charge < -0.3 is 10.6 Å². The van der Waals surface area contributed by atoms with Crippen molar-refractivity contribution >= 4 is 17.5 Å². The van der Waals surface area contributed by atoms with Crippen LogP contribution in [0.25, 0.3) is 0 Å². The van der Waals surface area contributed by atoms with Crippen molar-refractivity contribution in [2.24, 2.45) is 0 Å². The van der Waals surface area contributed by atoms with Gasteiger partial charge in [0, 0.05) is 24.6 Å². The number of anilines is 2. The lowest BCUT2D eigenvalue weighted by atomic mass is 10.1. The monoisotopic (exact) mass is 364 g/mol. The van der Waals surface area contributed by atoms with E-state index in [2.05, 4.69) is 33.6 Å². The van der Waals surface area contributed by atoms with Crippen molar-refractivity contribution in [3.05, 3.63) is 82.9 Å². The highest BCUT2D eigenvalue weighted by atomic mass is 19.1. The molecule has 0 saturated heterocycles. The van der Waals surface area contributed by atoms with E-state index in [1.54, 1.807) is 12.1 Å². The van der Waals surface area contributed by atoms with E-state index in [9.17, 15) is 9.18 Å². The van der Waals surface area contributed by atoms with Gasteiger partial charge in [0.2, 0.25) is 5.95 Å². The number of aromatic nitrogens is 2. The van der Waals surface area contributed by atoms with Gasteiger partial charge in [-0.15, -0.1) is 0 Å². The predicted molar refractivity (Wildman–Crippen MR) is 103 cm³/mol. The highest BCUT2D eigenvalue weighted by Gasteiger charge is 2.09. The molecule has 5 nitrogen and oxygen atoms in total. The third-order valence-electron chi connectivity index (χ3n) is 4.26. The van der Waals surface area contributed by atoms with Crippen molar-refractivity contribution in [1.82, 2.24) is 15.3 Å². The molecule has 138 valence electrons. The number of carbonyl (C=O) groups is 1. The van der Waals surface area contributed by atoms with Gasteiger partial charge in [-0.05, 0) is 42.2 Å². The minimum Gasteiger partial charge on any atom is -0.348 e. The summed E-state index contributed by atoms with van der Waals surface area (Å²) in [6.07, 6.45) is 3.87. The van der Waals surface area contributed by atoms with E-state index in [4.69, 9.17) is 0 Å². The first-order valence-corrected chi connectivity index (χ1v) is 8.77. The lowest BCUT2D eigenvalue weighted by Crippen LogP contribution is -2.23. The molecule has 3 aromatic rings. The maximum Gasteiger partial charge on any atom is 0.254 e. The average Bonchev–Trinajstić information content (AvgIpc) is 2.69. The summed E-state index contributed by atoms with van der Waals surface area (Å²) in [4.78, 5) is 20.7. The van der Waals surface area contributed by atoms with Gasteiger partial charge >= 0.3 is 0 Å². The number of carbonyl (C=O) groups excluding carboxylic acids is 1. The minimum atomic E-state index is -0.304. The topological polar surface area (TPSA) is 66.9 Å². The Bertz CT molecular complexity index is 924. The number of benzene rings is 2. The molecule has 0 spiro atoms. The van der Waals surface area contributed by atoms with Crippen LogP contribution in [0.3, 0.4) is 0 Å². The van der Waals surface area contributed by atoms with Crippen LogP contribution in [-0.4, -0.2) is 15.9 Å². The Balaban J connectivity index is 1.64. The minimum absolute atomic E-state index is 0.281. The maximum absolute atomic E-state index is 12.9. The molecule has 0 fully saturated rings. The van der Waals surface area contributed by atoms with E-state index in [1.807, 2.05) is 19.1 Å². The van der Waals surface area contributed by atoms with E-state index >= 15 is 0 Å². The summed E-state index contributed by atoms with van der Waals surface area (Å²) in [5.41, 5.74) is 4.46. The van der Waals surface area contributed by atoms with Crippen LogP contribution in [0.15, 0.2) is 54.9 Å². The molecule has 1 amide bonds. The second-order valence-electron chi connectivity index (χ2n) is 6.19. The second-order valence-corrected chi connectivity index (χ2v) is 6.19. The molecule has 0 unspecified atom stereocenters. The molecule has 2 aromatic carbocycles. The Labute approximate surface area is 157 Å². The standard InChI is InChI=1S/C21H21FN4O/c1-3-16-6-4-5-14(2)19(16)26-21-24-12-17(13-25-21)20(27)23-11-15-7-9-18(22)10-8-15/h4-10,12-13H,3,11H2,1-2H3,(H,23,27)(H,24,25,26). The van der Waals surface area contributed by atoms with Crippen molar-refractivity contribution in [2.45, 2.75) is 26.8 Å². The van der Waals surface area contributed by atoms with Gasteiger partial charge in [-0.1, -0.05) is 37.3 Å². The number of amides is 1. The highest BCUT2D eigenvalue weighted by molar-refractivity contribution is 5.93. The summed E-state index contributed by atoms with van der Waals surface area (Å²) in [6.45, 7) is 4.43. The zero-order valence-electron chi connectivity index (χ0n) is 15.3. The van der Waals surface area contributed by atoms with E-state index < -0.39 is 0 Å². The Morgan fingerprint density at radius 3 is 2.44 bits per heavy atom. The molecule has 0 aliphatic rings. The molecule has 6 heteroatoms. The molecule has 0 aliphatic heterocycles. The van der Waals surface area contributed by atoms with Gasteiger partial charge in [0.15, 0.2) is 0 Å². The normalized spacial score (nSPS) is 10.5. The molecule has 0 saturated carbocycles. The number of halogens is 1. The van der Waals surface area contributed by atoms with Crippen molar-refractivity contribution in [3.63, 3.8) is 0 Å². The Morgan fingerprint density at radius 2 is 1.78 bits per heavy atom. The summed E-state index contributed by atoms with van der Waals surface area (Å²) >= 11 is 0. The zero-order valence-corrected chi connectivity index (χ0v) is 15.3. The lowest BCUT2D eigenvalue weighted by Gasteiger charge is -2.13. The van der Waals surface area contributed by atoms with Crippen LogP contribution in [0.1, 0.15) is 34.0 Å². The van der Waals surface area contributed by atoms with Crippen molar-refractivity contribution < 1.29 is 9.18 Å². The average molecular weight is 364 g/mol. The van der Waals surface area contributed by atoms with Gasteiger partial charge in [-0.25, -0.2) is 14.4 Å². The summed E-state index contributed by atoms with van der Waals surface area (Å²) in [7, 11) is 0. The molecule has 0 aliphatic carbocycles. The van der Waals surface area contributed by atoms with Crippen LogP contribution < -0.4 is 10.6 Å². The molecular weight excluding hydrogens is 343 g/mol. The first-order valence-electron chi connectivity index (χ1n) is 8.77. The number of aryl methyl sites for hydroxylation is 2. The van der Waals surface area contributed by atoms with Crippen LogP contribution >= 0.6 is 0 Å². The maximum atomic E-state index is 12.9. The summed E-state index contributed by atoms with van der Waals surface area (Å²) in [5, 5.41) is 6.00. The third kappa shape index (κ3) is 4.67. The number of nitrogens with zero attached hydrogens (tertiary/aromatic N) is 2. The fourth-order valence-electron chi connectivity index (χ4n) is 2.71. The Kier molecular flexibility index (Phi) is 5.76. The van der Waals surface area contributed by atoms with Crippen LogP contribution in [0.5, 0.6) is 0 Å². The SMILES string of the molecule is CCc1cccc(C)c1Nc1ncc(C(=O)NCc2ccc(F)cc2)cn1. The number of nitrogens with one attached hydrogen (secondary N) is 2. The van der Waals surface area contributed by atoms with Gasteiger partial charge in [-0.3, -0.25) is 4.79 Å². The lowest BCUT2D eigenvalue weighted by molar-refractivity contribution is 0.0950. The number of para-hydroxylation sites is 1. The van der Waals surface area contributed by atoms with Crippen LogP contribution in [0.2, 0.25) is 0 Å².